The Labute approximate surface area is 116 Å². The lowest BCUT2D eigenvalue weighted by Gasteiger charge is -2.10. The molecule has 0 aliphatic carbocycles. The fourth-order valence-electron chi connectivity index (χ4n) is 2.12. The summed E-state index contributed by atoms with van der Waals surface area (Å²) in [6.45, 7) is 2.83. The molecule has 3 N–H and O–H groups in total. The van der Waals surface area contributed by atoms with Gasteiger partial charge in [0.2, 0.25) is 0 Å². The topological polar surface area (TPSA) is 50.9 Å². The van der Waals surface area contributed by atoms with Gasteiger partial charge in [-0.2, -0.15) is 0 Å². The largest absolute Gasteiger partial charge is 0.399 e. The molecule has 3 rings (SSSR count). The predicted octanol–water partition coefficient (Wildman–Crippen LogP) is 3.80. The first-order valence-corrected chi connectivity index (χ1v) is 7.03. The minimum Gasteiger partial charge on any atom is -0.399 e. The second-order valence-corrected chi connectivity index (χ2v) is 5.55. The molecule has 0 radical (unpaired) electrons. The Morgan fingerprint density at radius 2 is 2.16 bits per heavy atom. The summed E-state index contributed by atoms with van der Waals surface area (Å²) in [5.41, 5.74) is 9.70. The molecule has 2 aromatic heterocycles. The number of benzene rings is 1. The van der Waals surface area contributed by atoms with Crippen LogP contribution in [0.3, 0.4) is 0 Å². The number of nitrogens with two attached hydrogens (primary N) is 1. The van der Waals surface area contributed by atoms with E-state index in [-0.39, 0.29) is 0 Å². The third-order valence-corrected chi connectivity index (χ3v) is 3.87. The van der Waals surface area contributed by atoms with Crippen molar-refractivity contribution in [3.8, 4) is 0 Å². The normalized spacial score (nSPS) is 10.8. The third-order valence-electron chi connectivity index (χ3n) is 2.99. The number of rotatable bonds is 3. The monoisotopic (exact) mass is 269 g/mol. The Kier molecular flexibility index (Phi) is 3.09. The average Bonchev–Trinajstić information content (AvgIpc) is 2.89. The third kappa shape index (κ3) is 2.53. The fourth-order valence-corrected chi connectivity index (χ4v) is 2.76. The molecule has 0 atom stereocenters. The van der Waals surface area contributed by atoms with Crippen LogP contribution in [0.1, 0.15) is 10.6 Å². The van der Waals surface area contributed by atoms with Crippen LogP contribution in [-0.4, -0.2) is 4.98 Å². The fraction of sp³-hybridized carbons (Fsp3) is 0.133. The standard InChI is InChI=1S/C15H15N3S/c1-10-7-15(17-9-12-3-2-6-19-12)13-8-11(16)4-5-14(13)18-10/h2-8H,9,16H2,1H3,(H,17,18). The smallest absolute Gasteiger partial charge is 0.0727 e. The van der Waals surface area contributed by atoms with Crippen LogP contribution in [0.4, 0.5) is 11.4 Å². The lowest BCUT2D eigenvalue weighted by Crippen LogP contribution is -2.00. The van der Waals surface area contributed by atoms with Gasteiger partial charge in [-0.15, -0.1) is 11.3 Å². The van der Waals surface area contributed by atoms with E-state index in [1.807, 2.05) is 25.1 Å². The minimum atomic E-state index is 0.761. The number of hydrogen-bond donors (Lipinski definition) is 2. The summed E-state index contributed by atoms with van der Waals surface area (Å²) in [7, 11) is 0. The number of aromatic nitrogens is 1. The van der Waals surface area contributed by atoms with Crippen LogP contribution >= 0.6 is 11.3 Å². The first-order chi connectivity index (χ1) is 9.22. The van der Waals surface area contributed by atoms with Crippen LogP contribution in [0, 0.1) is 6.92 Å². The van der Waals surface area contributed by atoms with E-state index >= 15 is 0 Å². The van der Waals surface area contributed by atoms with Crippen LogP contribution in [0.25, 0.3) is 10.9 Å². The molecule has 1 aromatic carbocycles. The van der Waals surface area contributed by atoms with Crippen molar-refractivity contribution in [3.63, 3.8) is 0 Å². The lowest BCUT2D eigenvalue weighted by molar-refractivity contribution is 1.18. The Bertz CT molecular complexity index is 705. The number of hydrogen-bond acceptors (Lipinski definition) is 4. The molecule has 0 fully saturated rings. The molecule has 0 bridgehead atoms. The van der Waals surface area contributed by atoms with Crippen LogP contribution in [0.2, 0.25) is 0 Å². The number of nitrogens with zero attached hydrogens (tertiary/aromatic N) is 1. The molecule has 96 valence electrons. The highest BCUT2D eigenvalue weighted by Crippen LogP contribution is 2.26. The van der Waals surface area contributed by atoms with Crippen LogP contribution in [0.15, 0.2) is 41.8 Å². The van der Waals surface area contributed by atoms with Gasteiger partial charge in [0.25, 0.3) is 0 Å². The van der Waals surface area contributed by atoms with Gasteiger partial charge in [-0.1, -0.05) is 6.07 Å². The number of nitrogens with one attached hydrogen (secondary N) is 1. The highest BCUT2D eigenvalue weighted by Gasteiger charge is 2.05. The molecule has 0 saturated carbocycles. The Balaban J connectivity index is 1.99. The van der Waals surface area contributed by atoms with E-state index < -0.39 is 0 Å². The molecule has 2 heterocycles. The summed E-state index contributed by atoms with van der Waals surface area (Å²) in [5.74, 6) is 0. The molecule has 3 nitrogen and oxygen atoms in total. The van der Waals surface area contributed by atoms with Crippen molar-refractivity contribution in [2.45, 2.75) is 13.5 Å². The van der Waals surface area contributed by atoms with Crippen LogP contribution in [-0.2, 0) is 6.54 Å². The van der Waals surface area contributed by atoms with E-state index in [4.69, 9.17) is 5.73 Å². The molecular weight excluding hydrogens is 254 g/mol. The Hall–Kier alpha value is -2.07. The summed E-state index contributed by atoms with van der Waals surface area (Å²) < 4.78 is 0. The maximum Gasteiger partial charge on any atom is 0.0727 e. The summed E-state index contributed by atoms with van der Waals surface area (Å²) >= 11 is 1.75. The van der Waals surface area contributed by atoms with Gasteiger partial charge in [0.1, 0.15) is 0 Å². The average molecular weight is 269 g/mol. The first kappa shape index (κ1) is 12.0. The lowest BCUT2D eigenvalue weighted by atomic mass is 10.1. The van der Waals surface area contributed by atoms with Gasteiger partial charge in [0.15, 0.2) is 0 Å². The van der Waals surface area contributed by atoms with E-state index in [2.05, 4.69) is 33.9 Å². The molecule has 4 heteroatoms. The molecule has 19 heavy (non-hydrogen) atoms. The van der Waals surface area contributed by atoms with E-state index in [1.165, 1.54) is 4.88 Å². The van der Waals surface area contributed by atoms with E-state index in [1.54, 1.807) is 11.3 Å². The van der Waals surface area contributed by atoms with E-state index in [0.29, 0.717) is 0 Å². The van der Waals surface area contributed by atoms with Gasteiger partial charge in [-0.3, -0.25) is 4.98 Å². The second kappa shape index (κ2) is 4.90. The summed E-state index contributed by atoms with van der Waals surface area (Å²) in [6, 6.07) is 12.1. The molecule has 0 aliphatic heterocycles. The quantitative estimate of drug-likeness (QED) is 0.711. The van der Waals surface area contributed by atoms with Crippen molar-refractivity contribution in [2.24, 2.45) is 0 Å². The zero-order chi connectivity index (χ0) is 13.2. The molecule has 3 aromatic rings. The van der Waals surface area contributed by atoms with E-state index in [0.717, 1.165) is 34.5 Å². The molecular formula is C15H15N3S. The van der Waals surface area contributed by atoms with Gasteiger partial charge in [0.05, 0.1) is 5.52 Å². The van der Waals surface area contributed by atoms with Gasteiger partial charge in [-0.25, -0.2) is 0 Å². The first-order valence-electron chi connectivity index (χ1n) is 6.15. The zero-order valence-electron chi connectivity index (χ0n) is 10.7. The van der Waals surface area contributed by atoms with Crippen molar-refractivity contribution in [1.82, 2.24) is 4.98 Å². The van der Waals surface area contributed by atoms with Crippen molar-refractivity contribution in [3.05, 3.63) is 52.3 Å². The number of pyridine rings is 1. The number of anilines is 2. The van der Waals surface area contributed by atoms with Crippen molar-refractivity contribution < 1.29 is 0 Å². The molecule has 0 unspecified atom stereocenters. The van der Waals surface area contributed by atoms with E-state index in [9.17, 15) is 0 Å². The minimum absolute atomic E-state index is 0.761. The predicted molar refractivity (Wildman–Crippen MR) is 82.5 cm³/mol. The van der Waals surface area contributed by atoms with Crippen molar-refractivity contribution in [1.29, 1.82) is 0 Å². The second-order valence-electron chi connectivity index (χ2n) is 4.52. The maximum absolute atomic E-state index is 5.87. The Morgan fingerprint density at radius 3 is 2.95 bits per heavy atom. The zero-order valence-corrected chi connectivity index (χ0v) is 11.5. The maximum atomic E-state index is 5.87. The number of aryl methyl sites for hydroxylation is 1. The highest BCUT2D eigenvalue weighted by molar-refractivity contribution is 7.09. The summed E-state index contributed by atoms with van der Waals surface area (Å²) in [4.78, 5) is 5.84. The molecule has 0 spiro atoms. The van der Waals surface area contributed by atoms with Crippen molar-refractivity contribution in [2.75, 3.05) is 11.1 Å². The number of fused-ring (bicyclic) bond motifs is 1. The van der Waals surface area contributed by atoms with Gasteiger partial charge >= 0.3 is 0 Å². The van der Waals surface area contributed by atoms with Gasteiger partial charge < -0.3 is 11.1 Å². The van der Waals surface area contributed by atoms with Gasteiger partial charge in [-0.05, 0) is 42.6 Å². The molecule has 0 amide bonds. The SMILES string of the molecule is Cc1cc(NCc2cccs2)c2cc(N)ccc2n1. The summed E-state index contributed by atoms with van der Waals surface area (Å²) in [6.07, 6.45) is 0. The Morgan fingerprint density at radius 1 is 1.26 bits per heavy atom. The molecule has 0 aliphatic rings. The van der Waals surface area contributed by atoms with Crippen LogP contribution < -0.4 is 11.1 Å². The summed E-state index contributed by atoms with van der Waals surface area (Å²) in [5, 5.41) is 6.63. The number of thiophene rings is 1. The number of nitrogen functional groups attached to an aromatic ring is 1. The van der Waals surface area contributed by atoms with Crippen LogP contribution in [0.5, 0.6) is 0 Å². The van der Waals surface area contributed by atoms with Gasteiger partial charge in [0, 0.05) is 33.9 Å². The highest BCUT2D eigenvalue weighted by atomic mass is 32.1. The molecule has 0 saturated heterocycles. The van der Waals surface area contributed by atoms with Crippen molar-refractivity contribution >= 4 is 33.6 Å².